The van der Waals surface area contributed by atoms with Crippen LogP contribution in [0.3, 0.4) is 0 Å². The number of carbonyl (C=O) groups excluding carboxylic acids is 1. The number of halogens is 3. The lowest BCUT2D eigenvalue weighted by molar-refractivity contribution is -0.149. The lowest BCUT2D eigenvalue weighted by atomic mass is 10.3. The molecule has 19 heavy (non-hydrogen) atoms. The van der Waals surface area contributed by atoms with Gasteiger partial charge in [0.2, 0.25) is 0 Å². The Morgan fingerprint density at radius 3 is 2.53 bits per heavy atom. The van der Waals surface area contributed by atoms with Crippen molar-refractivity contribution in [1.82, 2.24) is 4.90 Å². The molecule has 1 heterocycles. The Morgan fingerprint density at radius 2 is 2.11 bits per heavy atom. The van der Waals surface area contributed by atoms with Crippen LogP contribution in [0.15, 0.2) is 11.4 Å². The van der Waals surface area contributed by atoms with Crippen LogP contribution in [0, 0.1) is 0 Å². The molecule has 1 N–H and O–H groups in total. The van der Waals surface area contributed by atoms with E-state index in [9.17, 15) is 22.8 Å². The van der Waals surface area contributed by atoms with E-state index >= 15 is 0 Å². The van der Waals surface area contributed by atoms with Gasteiger partial charge in [-0.1, -0.05) is 0 Å². The van der Waals surface area contributed by atoms with Gasteiger partial charge in [0.1, 0.15) is 18.8 Å². The third-order valence-corrected chi connectivity index (χ3v) is 2.90. The van der Waals surface area contributed by atoms with Crippen LogP contribution in [0.1, 0.15) is 9.67 Å². The number of thiophene rings is 1. The first kappa shape index (κ1) is 15.3. The minimum absolute atomic E-state index is 0.0117. The zero-order valence-corrected chi connectivity index (χ0v) is 10.5. The molecule has 0 radical (unpaired) electrons. The van der Waals surface area contributed by atoms with Crippen LogP contribution in [0.5, 0.6) is 5.75 Å². The molecule has 9 heteroatoms. The standard InChI is InChI=1S/C10H10F3NO4S/c1-18-6-2-7(19-4-6)9(17)14(3-8(15)16)5-10(11,12)13/h2,4H,3,5H2,1H3,(H,15,16). The third kappa shape index (κ3) is 4.78. The first-order chi connectivity index (χ1) is 8.73. The molecule has 0 spiro atoms. The van der Waals surface area contributed by atoms with E-state index in [1.165, 1.54) is 18.6 Å². The van der Waals surface area contributed by atoms with Gasteiger partial charge in [0, 0.05) is 11.4 Å². The first-order valence-electron chi connectivity index (χ1n) is 4.93. The maximum Gasteiger partial charge on any atom is 0.406 e. The van der Waals surface area contributed by atoms with E-state index in [1.807, 2.05) is 0 Å². The number of alkyl halides is 3. The fourth-order valence-corrected chi connectivity index (χ4v) is 2.09. The van der Waals surface area contributed by atoms with Crippen molar-refractivity contribution in [3.8, 4) is 5.75 Å². The summed E-state index contributed by atoms with van der Waals surface area (Å²) in [5.41, 5.74) is 0. The number of carbonyl (C=O) groups is 2. The molecule has 0 fully saturated rings. The maximum atomic E-state index is 12.3. The van der Waals surface area contributed by atoms with Crippen molar-refractivity contribution in [2.45, 2.75) is 6.18 Å². The number of aliphatic carboxylic acids is 1. The number of rotatable bonds is 5. The van der Waals surface area contributed by atoms with Crippen molar-refractivity contribution in [2.75, 3.05) is 20.2 Å². The number of hydrogen-bond donors (Lipinski definition) is 1. The van der Waals surface area contributed by atoms with Crippen LogP contribution >= 0.6 is 11.3 Å². The molecule has 0 aliphatic heterocycles. The van der Waals surface area contributed by atoms with Crippen molar-refractivity contribution in [3.63, 3.8) is 0 Å². The van der Waals surface area contributed by atoms with Crippen molar-refractivity contribution in [2.24, 2.45) is 0 Å². The van der Waals surface area contributed by atoms with Crippen molar-refractivity contribution >= 4 is 23.2 Å². The summed E-state index contributed by atoms with van der Waals surface area (Å²) in [6, 6.07) is 1.26. The average molecular weight is 297 g/mol. The maximum absolute atomic E-state index is 12.3. The smallest absolute Gasteiger partial charge is 0.406 e. The van der Waals surface area contributed by atoms with Crippen LogP contribution < -0.4 is 4.74 Å². The largest absolute Gasteiger partial charge is 0.496 e. The molecular weight excluding hydrogens is 287 g/mol. The van der Waals surface area contributed by atoms with E-state index in [0.29, 0.717) is 5.75 Å². The van der Waals surface area contributed by atoms with Gasteiger partial charge < -0.3 is 14.7 Å². The van der Waals surface area contributed by atoms with Gasteiger partial charge in [0.25, 0.3) is 5.91 Å². The Labute approximate surface area is 110 Å². The molecule has 1 aromatic rings. The minimum atomic E-state index is -4.66. The van der Waals surface area contributed by atoms with Crippen molar-refractivity contribution in [3.05, 3.63) is 16.3 Å². The summed E-state index contributed by atoms with van der Waals surface area (Å²) in [5.74, 6) is -2.18. The Balaban J connectivity index is 2.90. The topological polar surface area (TPSA) is 66.8 Å². The van der Waals surface area contributed by atoms with Crippen molar-refractivity contribution in [1.29, 1.82) is 0 Å². The molecule has 0 saturated carbocycles. The molecule has 0 aliphatic carbocycles. The van der Waals surface area contributed by atoms with Crippen LogP contribution in [0.4, 0.5) is 13.2 Å². The lowest BCUT2D eigenvalue weighted by Gasteiger charge is -2.21. The third-order valence-electron chi connectivity index (χ3n) is 2.01. The number of amides is 1. The summed E-state index contributed by atoms with van der Waals surface area (Å²) in [6.45, 7) is -2.63. The zero-order valence-electron chi connectivity index (χ0n) is 9.73. The number of methoxy groups -OCH3 is 1. The highest BCUT2D eigenvalue weighted by Gasteiger charge is 2.34. The molecule has 0 bridgehead atoms. The second-order valence-corrected chi connectivity index (χ2v) is 4.43. The van der Waals surface area contributed by atoms with E-state index in [2.05, 4.69) is 0 Å². The second kappa shape index (κ2) is 5.91. The molecule has 0 unspecified atom stereocenters. The van der Waals surface area contributed by atoms with Crippen LogP contribution in [-0.2, 0) is 4.79 Å². The summed E-state index contributed by atoms with van der Waals surface area (Å²) in [6.07, 6.45) is -4.66. The van der Waals surface area contributed by atoms with Gasteiger partial charge in [-0.3, -0.25) is 9.59 Å². The first-order valence-corrected chi connectivity index (χ1v) is 5.81. The van der Waals surface area contributed by atoms with E-state index < -0.39 is 31.1 Å². The molecule has 5 nitrogen and oxygen atoms in total. The van der Waals surface area contributed by atoms with Crippen LogP contribution in [-0.4, -0.2) is 48.3 Å². The normalized spacial score (nSPS) is 11.2. The second-order valence-electron chi connectivity index (χ2n) is 3.52. The van der Waals surface area contributed by atoms with E-state index in [0.717, 1.165) is 11.3 Å². The summed E-state index contributed by atoms with van der Waals surface area (Å²) >= 11 is 0.887. The summed E-state index contributed by atoms with van der Waals surface area (Å²) in [4.78, 5) is 22.5. The number of carboxylic acid groups (broad SMARTS) is 1. The molecule has 0 atom stereocenters. The predicted molar refractivity (Wildman–Crippen MR) is 60.5 cm³/mol. The molecule has 1 aromatic heterocycles. The highest BCUT2D eigenvalue weighted by Crippen LogP contribution is 2.24. The molecule has 0 aliphatic rings. The van der Waals surface area contributed by atoms with Gasteiger partial charge in [0.05, 0.1) is 12.0 Å². The van der Waals surface area contributed by atoms with Crippen LogP contribution in [0.25, 0.3) is 0 Å². The predicted octanol–water partition coefficient (Wildman–Crippen LogP) is 1.85. The lowest BCUT2D eigenvalue weighted by Crippen LogP contribution is -2.41. The summed E-state index contributed by atoms with van der Waals surface area (Å²) < 4.78 is 41.7. The number of hydrogen-bond acceptors (Lipinski definition) is 4. The number of carboxylic acids is 1. The van der Waals surface area contributed by atoms with Gasteiger partial charge >= 0.3 is 12.1 Å². The van der Waals surface area contributed by atoms with Crippen LogP contribution in [0.2, 0.25) is 0 Å². The fraction of sp³-hybridized carbons (Fsp3) is 0.400. The van der Waals surface area contributed by atoms with Gasteiger partial charge in [-0.05, 0) is 0 Å². The quantitative estimate of drug-likeness (QED) is 0.900. The summed E-state index contributed by atoms with van der Waals surface area (Å²) in [5, 5.41) is 9.99. The highest BCUT2D eigenvalue weighted by atomic mass is 32.1. The molecule has 0 saturated heterocycles. The number of nitrogens with zero attached hydrogens (tertiary/aromatic N) is 1. The monoisotopic (exact) mass is 297 g/mol. The Kier molecular flexibility index (Phi) is 4.76. The molecule has 106 valence electrons. The molecular formula is C10H10F3NO4S. The minimum Gasteiger partial charge on any atom is -0.496 e. The fourth-order valence-electron chi connectivity index (χ4n) is 1.27. The molecule has 1 amide bonds. The van der Waals surface area contributed by atoms with Gasteiger partial charge in [0.15, 0.2) is 0 Å². The Morgan fingerprint density at radius 1 is 1.47 bits per heavy atom. The zero-order chi connectivity index (χ0) is 14.6. The molecule has 1 rings (SSSR count). The van der Waals surface area contributed by atoms with E-state index in [1.54, 1.807) is 0 Å². The van der Waals surface area contributed by atoms with Gasteiger partial charge in [-0.2, -0.15) is 13.2 Å². The molecule has 0 aromatic carbocycles. The van der Waals surface area contributed by atoms with E-state index in [-0.39, 0.29) is 9.78 Å². The number of ether oxygens (including phenoxy) is 1. The average Bonchev–Trinajstić information content (AvgIpc) is 2.73. The van der Waals surface area contributed by atoms with Gasteiger partial charge in [-0.15, -0.1) is 11.3 Å². The van der Waals surface area contributed by atoms with Crippen molar-refractivity contribution < 1.29 is 32.6 Å². The summed E-state index contributed by atoms with van der Waals surface area (Å²) in [7, 11) is 1.35. The Bertz CT molecular complexity index is 472. The SMILES string of the molecule is COc1csc(C(=O)N(CC(=O)O)CC(F)(F)F)c1. The Hall–Kier alpha value is -1.77. The van der Waals surface area contributed by atoms with Gasteiger partial charge in [-0.25, -0.2) is 0 Å². The highest BCUT2D eigenvalue weighted by molar-refractivity contribution is 7.12. The van der Waals surface area contributed by atoms with E-state index in [4.69, 9.17) is 9.84 Å².